The van der Waals surface area contributed by atoms with Crippen molar-refractivity contribution in [2.45, 2.75) is 13.8 Å². The third-order valence-corrected chi connectivity index (χ3v) is 1.82. The molecule has 17 heavy (non-hydrogen) atoms. The molecular formula is C9H11N5O3. The Morgan fingerprint density at radius 1 is 1.65 bits per heavy atom. The molecule has 0 aromatic carbocycles. The SMILES string of the molecule is CCOc1n[nH]c(NC(=O)c2cc(C)no2)n1. The minimum Gasteiger partial charge on any atom is -0.463 e. The molecule has 8 nitrogen and oxygen atoms in total. The van der Waals surface area contributed by atoms with Crippen molar-refractivity contribution in [3.63, 3.8) is 0 Å². The molecule has 2 aromatic rings. The average molecular weight is 237 g/mol. The summed E-state index contributed by atoms with van der Waals surface area (Å²) in [6, 6.07) is 1.70. The van der Waals surface area contributed by atoms with Gasteiger partial charge in [0, 0.05) is 6.07 Å². The van der Waals surface area contributed by atoms with Gasteiger partial charge in [-0.3, -0.25) is 10.1 Å². The number of aromatic amines is 1. The quantitative estimate of drug-likeness (QED) is 0.812. The minimum absolute atomic E-state index is 0.108. The number of anilines is 1. The first-order valence-corrected chi connectivity index (χ1v) is 4.99. The molecule has 2 rings (SSSR count). The van der Waals surface area contributed by atoms with E-state index in [-0.39, 0.29) is 17.7 Å². The van der Waals surface area contributed by atoms with Crippen molar-refractivity contribution in [2.75, 3.05) is 11.9 Å². The highest BCUT2D eigenvalue weighted by molar-refractivity contribution is 6.01. The Morgan fingerprint density at radius 3 is 3.12 bits per heavy atom. The maximum atomic E-state index is 11.6. The van der Waals surface area contributed by atoms with E-state index in [1.165, 1.54) is 6.07 Å². The van der Waals surface area contributed by atoms with Crippen LogP contribution in [0.2, 0.25) is 0 Å². The largest absolute Gasteiger partial charge is 0.463 e. The van der Waals surface area contributed by atoms with Crippen LogP contribution in [0.25, 0.3) is 0 Å². The number of carbonyl (C=O) groups is 1. The molecule has 2 aromatic heterocycles. The van der Waals surface area contributed by atoms with Crippen LogP contribution in [0, 0.1) is 6.92 Å². The van der Waals surface area contributed by atoms with Crippen LogP contribution in [0.15, 0.2) is 10.6 Å². The summed E-state index contributed by atoms with van der Waals surface area (Å²) >= 11 is 0. The molecule has 0 aliphatic carbocycles. The first-order valence-electron chi connectivity index (χ1n) is 4.99. The van der Waals surface area contributed by atoms with Crippen LogP contribution in [0.3, 0.4) is 0 Å². The van der Waals surface area contributed by atoms with Gasteiger partial charge in [0.2, 0.25) is 11.7 Å². The van der Waals surface area contributed by atoms with Gasteiger partial charge < -0.3 is 9.26 Å². The summed E-state index contributed by atoms with van der Waals surface area (Å²) in [5.41, 5.74) is 0.628. The van der Waals surface area contributed by atoms with E-state index in [9.17, 15) is 4.79 Å². The second-order valence-corrected chi connectivity index (χ2v) is 3.19. The number of rotatable bonds is 4. The number of aromatic nitrogens is 4. The van der Waals surface area contributed by atoms with Crippen LogP contribution in [0.4, 0.5) is 5.95 Å². The second kappa shape index (κ2) is 4.64. The van der Waals surface area contributed by atoms with Gasteiger partial charge in [-0.05, 0) is 13.8 Å². The first-order chi connectivity index (χ1) is 8.19. The highest BCUT2D eigenvalue weighted by Crippen LogP contribution is 2.08. The number of ether oxygens (including phenoxy) is 1. The van der Waals surface area contributed by atoms with Gasteiger partial charge in [-0.15, -0.1) is 5.10 Å². The van der Waals surface area contributed by atoms with E-state index >= 15 is 0 Å². The third kappa shape index (κ3) is 2.60. The van der Waals surface area contributed by atoms with Gasteiger partial charge in [0.25, 0.3) is 5.91 Å². The van der Waals surface area contributed by atoms with Crippen molar-refractivity contribution in [3.8, 4) is 6.01 Å². The van der Waals surface area contributed by atoms with Crippen molar-refractivity contribution in [2.24, 2.45) is 0 Å². The number of nitrogens with zero attached hydrogens (tertiary/aromatic N) is 3. The highest BCUT2D eigenvalue weighted by atomic mass is 16.5. The monoisotopic (exact) mass is 237 g/mol. The van der Waals surface area contributed by atoms with Crippen LogP contribution in [0.5, 0.6) is 6.01 Å². The predicted molar refractivity (Wildman–Crippen MR) is 56.7 cm³/mol. The normalized spacial score (nSPS) is 10.2. The van der Waals surface area contributed by atoms with Gasteiger partial charge in [-0.25, -0.2) is 5.10 Å². The molecule has 8 heteroatoms. The van der Waals surface area contributed by atoms with Crippen molar-refractivity contribution >= 4 is 11.9 Å². The fourth-order valence-corrected chi connectivity index (χ4v) is 1.14. The number of H-pyrrole nitrogens is 1. The summed E-state index contributed by atoms with van der Waals surface area (Å²) in [5.74, 6) is -0.158. The van der Waals surface area contributed by atoms with Gasteiger partial charge in [0.05, 0.1) is 12.3 Å². The number of amides is 1. The summed E-state index contributed by atoms with van der Waals surface area (Å²) in [5, 5.41) is 12.3. The summed E-state index contributed by atoms with van der Waals surface area (Å²) in [7, 11) is 0. The van der Waals surface area contributed by atoms with Crippen LogP contribution in [-0.4, -0.2) is 32.9 Å². The van der Waals surface area contributed by atoms with Gasteiger partial charge in [0.1, 0.15) is 0 Å². The zero-order chi connectivity index (χ0) is 12.3. The van der Waals surface area contributed by atoms with Gasteiger partial charge >= 0.3 is 6.01 Å². The van der Waals surface area contributed by atoms with Gasteiger partial charge in [0.15, 0.2) is 0 Å². The zero-order valence-corrected chi connectivity index (χ0v) is 9.35. The van der Waals surface area contributed by atoms with E-state index in [2.05, 4.69) is 25.7 Å². The van der Waals surface area contributed by atoms with Gasteiger partial charge in [-0.1, -0.05) is 5.16 Å². The molecule has 2 N–H and O–H groups in total. The molecule has 90 valence electrons. The molecule has 0 aliphatic heterocycles. The summed E-state index contributed by atoms with van der Waals surface area (Å²) < 4.78 is 9.83. The Balaban J connectivity index is 2.02. The molecular weight excluding hydrogens is 226 g/mol. The lowest BCUT2D eigenvalue weighted by molar-refractivity contribution is 0.0987. The molecule has 0 fully saturated rings. The number of hydrogen-bond acceptors (Lipinski definition) is 6. The van der Waals surface area contributed by atoms with Gasteiger partial charge in [-0.2, -0.15) is 4.98 Å². The molecule has 2 heterocycles. The van der Waals surface area contributed by atoms with E-state index in [0.717, 1.165) is 0 Å². The maximum absolute atomic E-state index is 11.6. The summed E-state index contributed by atoms with van der Waals surface area (Å²) in [6.07, 6.45) is 0. The lowest BCUT2D eigenvalue weighted by Gasteiger charge is -1.95. The number of carbonyl (C=O) groups excluding carboxylic acids is 1. The standard InChI is InChI=1S/C9H11N5O3/c1-3-16-9-11-8(12-13-9)10-7(15)6-4-5(2)14-17-6/h4H,3H2,1-2H3,(H2,10,11,12,13,15). The Kier molecular flexibility index (Phi) is 3.03. The maximum Gasteiger partial charge on any atom is 0.337 e. The van der Waals surface area contributed by atoms with E-state index in [1.807, 2.05) is 6.92 Å². The van der Waals surface area contributed by atoms with Crippen LogP contribution < -0.4 is 10.1 Å². The average Bonchev–Trinajstić information content (AvgIpc) is 2.88. The zero-order valence-electron chi connectivity index (χ0n) is 9.35. The highest BCUT2D eigenvalue weighted by Gasteiger charge is 2.14. The number of nitrogens with one attached hydrogen (secondary N) is 2. The van der Waals surface area contributed by atoms with Crippen molar-refractivity contribution in [1.29, 1.82) is 0 Å². The van der Waals surface area contributed by atoms with Crippen molar-refractivity contribution < 1.29 is 14.1 Å². The van der Waals surface area contributed by atoms with Crippen molar-refractivity contribution in [1.82, 2.24) is 20.3 Å². The molecule has 0 radical (unpaired) electrons. The Bertz CT molecular complexity index is 518. The third-order valence-electron chi connectivity index (χ3n) is 1.82. The fraction of sp³-hybridized carbons (Fsp3) is 0.333. The fourth-order valence-electron chi connectivity index (χ4n) is 1.14. The molecule has 1 amide bonds. The minimum atomic E-state index is -0.454. The number of hydrogen-bond donors (Lipinski definition) is 2. The lowest BCUT2D eigenvalue weighted by atomic mass is 10.4. The van der Waals surface area contributed by atoms with Crippen LogP contribution >= 0.6 is 0 Å². The molecule has 0 saturated carbocycles. The van der Waals surface area contributed by atoms with Crippen LogP contribution in [-0.2, 0) is 0 Å². The topological polar surface area (TPSA) is 106 Å². The Labute approximate surface area is 96.4 Å². The van der Waals surface area contributed by atoms with Crippen molar-refractivity contribution in [3.05, 3.63) is 17.5 Å². The lowest BCUT2D eigenvalue weighted by Crippen LogP contribution is -2.12. The smallest absolute Gasteiger partial charge is 0.337 e. The molecule has 0 spiro atoms. The molecule has 0 aliphatic rings. The molecule has 0 saturated heterocycles. The molecule has 0 unspecified atom stereocenters. The summed E-state index contributed by atoms with van der Waals surface area (Å²) in [4.78, 5) is 15.5. The van der Waals surface area contributed by atoms with E-state index < -0.39 is 5.91 Å². The number of aryl methyl sites for hydroxylation is 1. The molecule has 0 bridgehead atoms. The van der Waals surface area contributed by atoms with E-state index in [1.54, 1.807) is 6.92 Å². The van der Waals surface area contributed by atoms with E-state index in [4.69, 9.17) is 9.26 Å². The molecule has 0 atom stereocenters. The Hall–Kier alpha value is -2.38. The van der Waals surface area contributed by atoms with Crippen LogP contribution in [0.1, 0.15) is 23.2 Å². The summed E-state index contributed by atoms with van der Waals surface area (Å²) in [6.45, 7) is 3.99. The second-order valence-electron chi connectivity index (χ2n) is 3.19. The predicted octanol–water partition coefficient (Wildman–Crippen LogP) is 0.752. The first kappa shape index (κ1) is 11.1. The Morgan fingerprint density at radius 2 is 2.47 bits per heavy atom. The van der Waals surface area contributed by atoms with E-state index in [0.29, 0.717) is 12.3 Å².